The number of nitrogens with zero attached hydrogens (tertiary/aromatic N) is 1. The quantitative estimate of drug-likeness (QED) is 0.732. The topological polar surface area (TPSA) is 52.9 Å². The average Bonchev–Trinajstić information content (AvgIpc) is 2.42. The molecule has 0 aliphatic carbocycles. The summed E-state index contributed by atoms with van der Waals surface area (Å²) in [4.78, 5) is 12.2. The first-order chi connectivity index (χ1) is 9.11. The summed E-state index contributed by atoms with van der Waals surface area (Å²) in [5, 5.41) is 11.7. The number of para-hydroxylation sites is 1. The van der Waals surface area contributed by atoms with Gasteiger partial charge >= 0.3 is 0 Å². The number of halogens is 2. The molecule has 19 heavy (non-hydrogen) atoms. The number of carbonyl (C=O) groups is 1. The molecule has 0 spiro atoms. The molecule has 2 aromatic carbocycles. The van der Waals surface area contributed by atoms with Crippen LogP contribution in [0.3, 0.4) is 0 Å². The highest BCUT2D eigenvalue weighted by molar-refractivity contribution is 14.1. The minimum absolute atomic E-state index is 0.243. The molecule has 2 aromatic rings. The summed E-state index contributed by atoms with van der Waals surface area (Å²) in [5.74, 6) is -0.243. The van der Waals surface area contributed by atoms with E-state index in [4.69, 9.17) is 5.26 Å². The monoisotopic (exact) mass is 426 g/mol. The van der Waals surface area contributed by atoms with Gasteiger partial charge in [-0.05, 0) is 68.9 Å². The van der Waals surface area contributed by atoms with Crippen LogP contribution in [0.4, 0.5) is 5.69 Å². The predicted octanol–water partition coefficient (Wildman–Crippen LogP) is 4.18. The van der Waals surface area contributed by atoms with Gasteiger partial charge in [0, 0.05) is 8.04 Å². The van der Waals surface area contributed by atoms with Gasteiger partial charge in [-0.2, -0.15) is 5.26 Å². The molecule has 0 heterocycles. The smallest absolute Gasteiger partial charge is 0.256 e. The fourth-order valence-corrected chi connectivity index (χ4v) is 2.47. The zero-order valence-electron chi connectivity index (χ0n) is 9.65. The molecule has 5 heteroatoms. The molecule has 0 aromatic heterocycles. The molecule has 1 N–H and O–H groups in total. The number of rotatable bonds is 2. The van der Waals surface area contributed by atoms with Crippen molar-refractivity contribution in [1.29, 1.82) is 5.26 Å². The summed E-state index contributed by atoms with van der Waals surface area (Å²) in [6.07, 6.45) is 0. The number of carbonyl (C=O) groups excluding carboxylic acids is 1. The lowest BCUT2D eigenvalue weighted by Crippen LogP contribution is -2.13. The Morgan fingerprint density at radius 3 is 2.74 bits per heavy atom. The van der Waals surface area contributed by atoms with E-state index in [9.17, 15) is 4.79 Å². The fraction of sp³-hybridized carbons (Fsp3) is 0. The summed E-state index contributed by atoms with van der Waals surface area (Å²) in [6, 6.07) is 14.5. The van der Waals surface area contributed by atoms with Crippen LogP contribution in [-0.4, -0.2) is 5.91 Å². The average molecular weight is 427 g/mol. The minimum Gasteiger partial charge on any atom is -0.321 e. The van der Waals surface area contributed by atoms with E-state index in [0.29, 0.717) is 16.8 Å². The normalized spacial score (nSPS) is 9.74. The number of benzene rings is 2. The zero-order valence-corrected chi connectivity index (χ0v) is 13.4. The van der Waals surface area contributed by atoms with Crippen LogP contribution in [0, 0.1) is 14.9 Å². The Kier molecular flexibility index (Phi) is 4.56. The van der Waals surface area contributed by atoms with Crippen molar-refractivity contribution in [3.8, 4) is 6.07 Å². The maximum absolute atomic E-state index is 12.2. The Labute approximate surface area is 132 Å². The van der Waals surface area contributed by atoms with E-state index >= 15 is 0 Å². The van der Waals surface area contributed by atoms with Crippen LogP contribution in [0.2, 0.25) is 0 Å². The van der Waals surface area contributed by atoms with Gasteiger partial charge in [0.2, 0.25) is 0 Å². The molecule has 94 valence electrons. The van der Waals surface area contributed by atoms with E-state index in [1.807, 2.05) is 12.1 Å². The molecule has 3 nitrogen and oxygen atoms in total. The van der Waals surface area contributed by atoms with Gasteiger partial charge in [0.25, 0.3) is 5.91 Å². The SMILES string of the molecule is N#Cc1ccccc1NC(=O)c1cc(I)ccc1Br. The third kappa shape index (κ3) is 3.33. The third-order valence-electron chi connectivity index (χ3n) is 2.47. The number of hydrogen-bond donors (Lipinski definition) is 1. The van der Waals surface area contributed by atoms with Gasteiger partial charge < -0.3 is 5.32 Å². The predicted molar refractivity (Wildman–Crippen MR) is 86.0 cm³/mol. The molecule has 0 aliphatic heterocycles. The number of nitriles is 1. The highest BCUT2D eigenvalue weighted by Gasteiger charge is 2.12. The van der Waals surface area contributed by atoms with Crippen molar-refractivity contribution in [3.05, 3.63) is 61.6 Å². The maximum atomic E-state index is 12.2. The number of nitrogens with one attached hydrogen (secondary N) is 1. The molecule has 0 bridgehead atoms. The number of anilines is 1. The lowest BCUT2D eigenvalue weighted by molar-refractivity contribution is 0.102. The lowest BCUT2D eigenvalue weighted by Gasteiger charge is -2.08. The summed E-state index contributed by atoms with van der Waals surface area (Å²) >= 11 is 5.50. The summed E-state index contributed by atoms with van der Waals surface area (Å²) in [6.45, 7) is 0. The van der Waals surface area contributed by atoms with Gasteiger partial charge in [0.05, 0.1) is 16.8 Å². The van der Waals surface area contributed by atoms with Crippen LogP contribution in [0.5, 0.6) is 0 Å². The Morgan fingerprint density at radius 1 is 1.26 bits per heavy atom. The zero-order chi connectivity index (χ0) is 13.8. The summed E-state index contributed by atoms with van der Waals surface area (Å²) in [7, 11) is 0. The third-order valence-corrected chi connectivity index (χ3v) is 3.83. The number of hydrogen-bond acceptors (Lipinski definition) is 2. The van der Waals surface area contributed by atoms with Gasteiger partial charge in [-0.3, -0.25) is 4.79 Å². The summed E-state index contributed by atoms with van der Waals surface area (Å²) in [5.41, 5.74) is 1.50. The molecule has 0 saturated carbocycles. The summed E-state index contributed by atoms with van der Waals surface area (Å²) < 4.78 is 1.69. The van der Waals surface area contributed by atoms with E-state index < -0.39 is 0 Å². The van der Waals surface area contributed by atoms with Crippen molar-refractivity contribution in [2.24, 2.45) is 0 Å². The second kappa shape index (κ2) is 6.17. The molecular weight excluding hydrogens is 419 g/mol. The molecule has 0 fully saturated rings. The van der Waals surface area contributed by atoms with Gasteiger partial charge in [-0.1, -0.05) is 12.1 Å². The Bertz CT molecular complexity index is 679. The molecule has 0 unspecified atom stereocenters. The van der Waals surface area contributed by atoms with Crippen LogP contribution in [0.25, 0.3) is 0 Å². The van der Waals surface area contributed by atoms with E-state index in [1.54, 1.807) is 30.3 Å². The van der Waals surface area contributed by atoms with Gasteiger partial charge in [0.15, 0.2) is 0 Å². The fourth-order valence-electron chi connectivity index (χ4n) is 1.55. The lowest BCUT2D eigenvalue weighted by atomic mass is 10.1. The first-order valence-electron chi connectivity index (χ1n) is 5.37. The molecule has 0 atom stereocenters. The van der Waals surface area contributed by atoms with Crippen molar-refractivity contribution < 1.29 is 4.79 Å². The van der Waals surface area contributed by atoms with E-state index in [0.717, 1.165) is 8.04 Å². The van der Waals surface area contributed by atoms with Gasteiger partial charge in [0.1, 0.15) is 6.07 Å². The van der Waals surface area contributed by atoms with Crippen molar-refractivity contribution in [2.45, 2.75) is 0 Å². The molecule has 1 amide bonds. The van der Waals surface area contributed by atoms with E-state index in [2.05, 4.69) is 49.9 Å². The van der Waals surface area contributed by atoms with Crippen LogP contribution in [0.1, 0.15) is 15.9 Å². The van der Waals surface area contributed by atoms with Gasteiger partial charge in [-0.25, -0.2) is 0 Å². The first kappa shape index (κ1) is 14.0. The minimum atomic E-state index is -0.243. The van der Waals surface area contributed by atoms with Gasteiger partial charge in [-0.15, -0.1) is 0 Å². The Morgan fingerprint density at radius 2 is 2.00 bits per heavy atom. The molecule has 2 rings (SSSR count). The van der Waals surface area contributed by atoms with Crippen molar-refractivity contribution in [1.82, 2.24) is 0 Å². The molecule has 0 aliphatic rings. The molecule has 0 radical (unpaired) electrons. The highest BCUT2D eigenvalue weighted by Crippen LogP contribution is 2.22. The largest absolute Gasteiger partial charge is 0.321 e. The Hall–Kier alpha value is -1.39. The number of amides is 1. The standard InChI is InChI=1S/C14H8BrIN2O/c15-12-6-5-10(16)7-11(12)14(19)18-13-4-2-1-3-9(13)8-17/h1-7H,(H,18,19). The van der Waals surface area contributed by atoms with Crippen LogP contribution in [-0.2, 0) is 0 Å². The van der Waals surface area contributed by atoms with Crippen molar-refractivity contribution in [2.75, 3.05) is 5.32 Å². The van der Waals surface area contributed by atoms with Crippen LogP contribution in [0.15, 0.2) is 46.9 Å². The first-order valence-corrected chi connectivity index (χ1v) is 7.24. The van der Waals surface area contributed by atoms with E-state index in [1.165, 1.54) is 0 Å². The Balaban J connectivity index is 2.31. The maximum Gasteiger partial charge on any atom is 0.256 e. The van der Waals surface area contributed by atoms with Crippen LogP contribution < -0.4 is 5.32 Å². The van der Waals surface area contributed by atoms with E-state index in [-0.39, 0.29) is 5.91 Å². The second-order valence-corrected chi connectivity index (χ2v) is 5.84. The molecular formula is C14H8BrIN2O. The highest BCUT2D eigenvalue weighted by atomic mass is 127. The second-order valence-electron chi connectivity index (χ2n) is 3.74. The van der Waals surface area contributed by atoms with Crippen molar-refractivity contribution in [3.63, 3.8) is 0 Å². The van der Waals surface area contributed by atoms with Crippen LogP contribution >= 0.6 is 38.5 Å². The van der Waals surface area contributed by atoms with Crippen molar-refractivity contribution >= 4 is 50.1 Å². The molecule has 0 saturated heterocycles.